The van der Waals surface area contributed by atoms with Gasteiger partial charge in [-0.1, -0.05) is 0 Å². The van der Waals surface area contributed by atoms with Crippen molar-refractivity contribution in [2.45, 2.75) is 0 Å². The Hall–Kier alpha value is -1.69. The molecule has 0 bridgehead atoms. The summed E-state index contributed by atoms with van der Waals surface area (Å²) in [4.78, 5) is 26.8. The van der Waals surface area contributed by atoms with Crippen molar-refractivity contribution in [3.05, 3.63) is 28.4 Å². The van der Waals surface area contributed by atoms with Gasteiger partial charge in [-0.15, -0.1) is 0 Å². The average Bonchev–Trinajstić information content (AvgIpc) is 2.03. The zero-order chi connectivity index (χ0) is 8.27. The number of amides is 1. The number of hydrogen-bond donors (Lipinski definition) is 3. The Bertz CT molecular complexity index is 318. The lowest BCUT2D eigenvalue weighted by Gasteiger charge is -1.94. The second-order valence-electron chi connectivity index (χ2n) is 1.75. The number of nitrogens with zero attached hydrogens (tertiary/aromatic N) is 1. The van der Waals surface area contributed by atoms with Crippen LogP contribution in [0.4, 0.5) is 0 Å². The van der Waals surface area contributed by atoms with Gasteiger partial charge in [-0.05, 0) is 6.07 Å². The first-order chi connectivity index (χ1) is 5.24. The van der Waals surface area contributed by atoms with Crippen molar-refractivity contribution in [1.82, 2.24) is 15.4 Å². The van der Waals surface area contributed by atoms with Gasteiger partial charge in [0.15, 0.2) is 0 Å². The maximum atomic E-state index is 10.7. The molecule has 0 aromatic carbocycles. The first-order valence-corrected chi connectivity index (χ1v) is 2.80. The summed E-state index contributed by atoms with van der Waals surface area (Å²) < 4.78 is 0. The van der Waals surface area contributed by atoms with Crippen LogP contribution in [0.2, 0.25) is 0 Å². The fourth-order valence-corrected chi connectivity index (χ4v) is 0.571. The van der Waals surface area contributed by atoms with Gasteiger partial charge in [-0.25, -0.2) is 10.6 Å². The van der Waals surface area contributed by atoms with Crippen molar-refractivity contribution in [2.75, 3.05) is 0 Å². The SMILES string of the molecule is NNC(=O)c1cc[nH]c(=O)n1. The number of carbonyl (C=O) groups excluding carboxylic acids is 1. The van der Waals surface area contributed by atoms with Crippen LogP contribution in [-0.2, 0) is 0 Å². The third-order valence-corrected chi connectivity index (χ3v) is 1.03. The molecule has 0 saturated carbocycles. The molecule has 1 amide bonds. The molecule has 0 spiro atoms. The fraction of sp³-hybridized carbons (Fsp3) is 0. The number of carbonyl (C=O) groups is 1. The van der Waals surface area contributed by atoms with Crippen LogP contribution in [0.3, 0.4) is 0 Å². The molecule has 0 fully saturated rings. The van der Waals surface area contributed by atoms with Crippen molar-refractivity contribution in [3.63, 3.8) is 0 Å². The van der Waals surface area contributed by atoms with E-state index in [0.717, 1.165) is 0 Å². The molecule has 0 aliphatic carbocycles. The lowest BCUT2D eigenvalue weighted by atomic mass is 10.4. The van der Waals surface area contributed by atoms with Crippen LogP contribution in [0.25, 0.3) is 0 Å². The minimum absolute atomic E-state index is 0.00347. The number of aromatic nitrogens is 2. The summed E-state index contributed by atoms with van der Waals surface area (Å²) in [6, 6.07) is 1.35. The first kappa shape index (κ1) is 7.42. The number of H-pyrrole nitrogens is 1. The molecule has 0 unspecified atom stereocenters. The number of hydrazine groups is 1. The zero-order valence-electron chi connectivity index (χ0n) is 5.50. The Morgan fingerprint density at radius 1 is 1.73 bits per heavy atom. The summed E-state index contributed by atoms with van der Waals surface area (Å²) in [6.07, 6.45) is 1.32. The third kappa shape index (κ3) is 1.62. The minimum atomic E-state index is -0.587. The van der Waals surface area contributed by atoms with Gasteiger partial charge in [0.1, 0.15) is 5.69 Å². The van der Waals surface area contributed by atoms with Gasteiger partial charge in [-0.3, -0.25) is 10.2 Å². The number of nitrogens with two attached hydrogens (primary N) is 1. The Morgan fingerprint density at radius 2 is 2.45 bits per heavy atom. The molecular weight excluding hydrogens is 148 g/mol. The standard InChI is InChI=1S/C5H6N4O2/c6-9-4(10)3-1-2-7-5(11)8-3/h1-2H,6H2,(H,9,10)(H,7,8,11). The molecule has 11 heavy (non-hydrogen) atoms. The maximum absolute atomic E-state index is 10.7. The normalized spacial score (nSPS) is 9.18. The summed E-state index contributed by atoms with van der Waals surface area (Å²) in [5.74, 6) is 4.22. The summed E-state index contributed by atoms with van der Waals surface area (Å²) in [6.45, 7) is 0. The van der Waals surface area contributed by atoms with Gasteiger partial charge in [0, 0.05) is 6.20 Å². The average molecular weight is 154 g/mol. The number of hydrogen-bond acceptors (Lipinski definition) is 4. The largest absolute Gasteiger partial charge is 0.345 e. The van der Waals surface area contributed by atoms with Crippen LogP contribution in [0.5, 0.6) is 0 Å². The van der Waals surface area contributed by atoms with Crippen molar-refractivity contribution in [2.24, 2.45) is 5.84 Å². The van der Waals surface area contributed by atoms with Crippen LogP contribution >= 0.6 is 0 Å². The highest BCUT2D eigenvalue weighted by molar-refractivity contribution is 5.91. The lowest BCUT2D eigenvalue weighted by Crippen LogP contribution is -2.32. The van der Waals surface area contributed by atoms with Gasteiger partial charge in [0.2, 0.25) is 0 Å². The first-order valence-electron chi connectivity index (χ1n) is 2.80. The summed E-state index contributed by atoms with van der Waals surface area (Å²) in [5, 5.41) is 0. The highest BCUT2D eigenvalue weighted by Gasteiger charge is 2.03. The topological polar surface area (TPSA) is 101 Å². The Labute approximate surface area is 61.4 Å². The van der Waals surface area contributed by atoms with Crippen LogP contribution in [0.15, 0.2) is 17.1 Å². The Kier molecular flexibility index (Phi) is 1.98. The van der Waals surface area contributed by atoms with Gasteiger partial charge in [-0.2, -0.15) is 4.98 Å². The molecule has 1 heterocycles. The van der Waals surface area contributed by atoms with Gasteiger partial charge < -0.3 is 4.98 Å². The van der Waals surface area contributed by atoms with Gasteiger partial charge in [0.25, 0.3) is 5.91 Å². The molecule has 0 atom stereocenters. The fourth-order valence-electron chi connectivity index (χ4n) is 0.571. The van der Waals surface area contributed by atoms with E-state index in [9.17, 15) is 9.59 Å². The van der Waals surface area contributed by atoms with E-state index in [1.165, 1.54) is 12.3 Å². The van der Waals surface area contributed by atoms with Crippen LogP contribution in [0, 0.1) is 0 Å². The van der Waals surface area contributed by atoms with Crippen molar-refractivity contribution < 1.29 is 4.79 Å². The lowest BCUT2D eigenvalue weighted by molar-refractivity contribution is 0.0948. The van der Waals surface area contributed by atoms with Crippen molar-refractivity contribution in [1.29, 1.82) is 0 Å². The van der Waals surface area contributed by atoms with Crippen LogP contribution in [0.1, 0.15) is 10.5 Å². The summed E-state index contributed by atoms with van der Waals surface area (Å²) in [5.41, 5.74) is 1.27. The van der Waals surface area contributed by atoms with E-state index in [2.05, 4.69) is 9.97 Å². The number of nitrogen functional groups attached to an aromatic ring is 1. The minimum Gasteiger partial charge on any atom is -0.313 e. The van der Waals surface area contributed by atoms with E-state index in [1.807, 2.05) is 5.43 Å². The van der Waals surface area contributed by atoms with Crippen LogP contribution in [-0.4, -0.2) is 15.9 Å². The quantitative estimate of drug-likeness (QED) is 0.257. The predicted octanol–water partition coefficient (Wildman–Crippen LogP) is -1.63. The molecule has 1 aromatic heterocycles. The Balaban J connectivity index is 3.05. The number of rotatable bonds is 1. The second kappa shape index (κ2) is 2.93. The van der Waals surface area contributed by atoms with Gasteiger partial charge in [0.05, 0.1) is 0 Å². The van der Waals surface area contributed by atoms with E-state index in [1.54, 1.807) is 0 Å². The highest BCUT2D eigenvalue weighted by atomic mass is 16.2. The molecule has 0 aliphatic heterocycles. The monoisotopic (exact) mass is 154 g/mol. The molecule has 0 saturated heterocycles. The van der Waals surface area contributed by atoms with E-state index in [0.29, 0.717) is 0 Å². The van der Waals surface area contributed by atoms with Crippen molar-refractivity contribution >= 4 is 5.91 Å². The third-order valence-electron chi connectivity index (χ3n) is 1.03. The number of aromatic amines is 1. The van der Waals surface area contributed by atoms with E-state index in [4.69, 9.17) is 5.84 Å². The molecule has 1 aromatic rings. The van der Waals surface area contributed by atoms with Crippen LogP contribution < -0.4 is 17.0 Å². The smallest absolute Gasteiger partial charge is 0.313 e. The highest BCUT2D eigenvalue weighted by Crippen LogP contribution is 1.85. The summed E-state index contributed by atoms with van der Waals surface area (Å²) in [7, 11) is 0. The predicted molar refractivity (Wildman–Crippen MR) is 36.5 cm³/mol. The molecule has 6 nitrogen and oxygen atoms in total. The molecule has 0 aliphatic rings. The molecular formula is C5H6N4O2. The number of nitrogens with one attached hydrogen (secondary N) is 2. The molecule has 58 valence electrons. The van der Waals surface area contributed by atoms with E-state index in [-0.39, 0.29) is 5.69 Å². The molecule has 6 heteroatoms. The molecule has 0 radical (unpaired) electrons. The maximum Gasteiger partial charge on any atom is 0.345 e. The second-order valence-corrected chi connectivity index (χ2v) is 1.75. The molecule has 4 N–H and O–H groups in total. The molecule has 1 rings (SSSR count). The van der Waals surface area contributed by atoms with Crippen molar-refractivity contribution in [3.8, 4) is 0 Å². The zero-order valence-corrected chi connectivity index (χ0v) is 5.50. The van der Waals surface area contributed by atoms with E-state index >= 15 is 0 Å². The summed E-state index contributed by atoms with van der Waals surface area (Å²) >= 11 is 0. The van der Waals surface area contributed by atoms with Gasteiger partial charge >= 0.3 is 5.69 Å². The Morgan fingerprint density at radius 3 is 3.00 bits per heavy atom. The van der Waals surface area contributed by atoms with E-state index < -0.39 is 11.6 Å².